The topological polar surface area (TPSA) is 24.9 Å². The number of thiazole rings is 1. The molecule has 0 radical (unpaired) electrons. The molecule has 0 bridgehead atoms. The lowest BCUT2D eigenvalue weighted by molar-refractivity contribution is 0.279. The summed E-state index contributed by atoms with van der Waals surface area (Å²) in [4.78, 5) is 4.25. The van der Waals surface area contributed by atoms with Crippen LogP contribution in [0.5, 0.6) is 0 Å². The molecule has 2 unspecified atom stereocenters. The Bertz CT molecular complexity index is 313. The van der Waals surface area contributed by atoms with Crippen molar-refractivity contribution in [3.05, 3.63) is 15.5 Å². The Balaban J connectivity index is 1.81. The third-order valence-corrected chi connectivity index (χ3v) is 4.27. The van der Waals surface area contributed by atoms with Crippen LogP contribution in [0.3, 0.4) is 0 Å². The summed E-state index contributed by atoms with van der Waals surface area (Å²) in [7, 11) is 0. The van der Waals surface area contributed by atoms with E-state index < -0.39 is 0 Å². The van der Waals surface area contributed by atoms with Crippen LogP contribution in [0.1, 0.15) is 37.6 Å². The Morgan fingerprint density at radius 1 is 1.53 bits per heavy atom. The highest BCUT2D eigenvalue weighted by atomic mass is 35.5. The third kappa shape index (κ3) is 3.16. The van der Waals surface area contributed by atoms with Crippen LogP contribution in [-0.2, 0) is 6.54 Å². The van der Waals surface area contributed by atoms with Crippen LogP contribution in [0.15, 0.2) is 6.20 Å². The predicted octanol–water partition coefficient (Wildman–Crippen LogP) is 3.46. The molecule has 1 aromatic rings. The molecule has 1 aromatic heterocycles. The van der Waals surface area contributed by atoms with Crippen molar-refractivity contribution in [3.8, 4) is 0 Å². The number of halogens is 1. The van der Waals surface area contributed by atoms with Gasteiger partial charge in [-0.2, -0.15) is 0 Å². The zero-order chi connectivity index (χ0) is 10.7. The molecule has 0 saturated heterocycles. The maximum absolute atomic E-state index is 5.84. The van der Waals surface area contributed by atoms with E-state index in [1.165, 1.54) is 25.7 Å². The molecule has 15 heavy (non-hydrogen) atoms. The summed E-state index contributed by atoms with van der Waals surface area (Å²) >= 11 is 7.41. The Kier molecular flexibility index (Phi) is 4.00. The minimum atomic E-state index is 0.668. The third-order valence-electron chi connectivity index (χ3n) is 3.15. The summed E-state index contributed by atoms with van der Waals surface area (Å²) in [5.41, 5.74) is 0. The monoisotopic (exact) mass is 244 g/mol. The maximum Gasteiger partial charge on any atom is 0.113 e. The van der Waals surface area contributed by atoms with E-state index in [9.17, 15) is 0 Å². The minimum Gasteiger partial charge on any atom is -0.307 e. The molecule has 1 heterocycles. The van der Waals surface area contributed by atoms with Crippen LogP contribution in [-0.4, -0.2) is 11.0 Å². The van der Waals surface area contributed by atoms with Crippen LogP contribution in [0, 0.1) is 5.92 Å². The number of nitrogens with one attached hydrogen (secondary N) is 1. The van der Waals surface area contributed by atoms with Crippen molar-refractivity contribution >= 4 is 22.9 Å². The molecule has 4 heteroatoms. The average molecular weight is 245 g/mol. The summed E-state index contributed by atoms with van der Waals surface area (Å²) < 4.78 is 0.781. The number of aromatic nitrogens is 1. The number of hydrogen-bond donors (Lipinski definition) is 1. The molecular formula is C11H17ClN2S. The lowest BCUT2D eigenvalue weighted by atomic mass is 9.86. The summed E-state index contributed by atoms with van der Waals surface area (Å²) in [5, 5.41) is 4.69. The van der Waals surface area contributed by atoms with Crippen molar-refractivity contribution in [2.24, 2.45) is 5.92 Å². The predicted molar refractivity (Wildman–Crippen MR) is 65.4 cm³/mol. The highest BCUT2D eigenvalue weighted by Crippen LogP contribution is 2.24. The highest BCUT2D eigenvalue weighted by molar-refractivity contribution is 7.15. The summed E-state index contributed by atoms with van der Waals surface area (Å²) in [5.74, 6) is 0.800. The van der Waals surface area contributed by atoms with E-state index in [4.69, 9.17) is 11.6 Å². The normalized spacial score (nSPS) is 26.8. The van der Waals surface area contributed by atoms with Gasteiger partial charge in [0.15, 0.2) is 0 Å². The Hall–Kier alpha value is -0.120. The van der Waals surface area contributed by atoms with E-state index in [2.05, 4.69) is 17.2 Å². The number of hydrogen-bond acceptors (Lipinski definition) is 3. The second-order valence-electron chi connectivity index (χ2n) is 4.31. The van der Waals surface area contributed by atoms with Crippen molar-refractivity contribution in [1.29, 1.82) is 0 Å². The van der Waals surface area contributed by atoms with Gasteiger partial charge in [0.05, 0.1) is 6.20 Å². The second kappa shape index (κ2) is 5.28. The van der Waals surface area contributed by atoms with E-state index >= 15 is 0 Å². The molecule has 0 aromatic carbocycles. The van der Waals surface area contributed by atoms with E-state index in [-0.39, 0.29) is 0 Å². The van der Waals surface area contributed by atoms with Gasteiger partial charge < -0.3 is 5.32 Å². The first-order chi connectivity index (χ1) is 7.25. The first kappa shape index (κ1) is 11.4. The van der Waals surface area contributed by atoms with E-state index in [1.807, 2.05) is 0 Å². The van der Waals surface area contributed by atoms with Crippen LogP contribution in [0.25, 0.3) is 0 Å². The van der Waals surface area contributed by atoms with Crippen LogP contribution < -0.4 is 5.32 Å². The largest absolute Gasteiger partial charge is 0.307 e. The van der Waals surface area contributed by atoms with Crippen molar-refractivity contribution in [1.82, 2.24) is 10.3 Å². The number of nitrogens with zero attached hydrogens (tertiary/aromatic N) is 1. The molecule has 1 aliphatic rings. The van der Waals surface area contributed by atoms with Gasteiger partial charge in [0.2, 0.25) is 0 Å². The zero-order valence-corrected chi connectivity index (χ0v) is 10.6. The second-order valence-corrected chi connectivity index (χ2v) is 6.05. The molecule has 1 fully saturated rings. The lowest BCUT2D eigenvalue weighted by Crippen LogP contribution is -2.36. The van der Waals surface area contributed by atoms with Crippen molar-refractivity contribution in [2.45, 2.75) is 45.2 Å². The van der Waals surface area contributed by atoms with Gasteiger partial charge in [0, 0.05) is 12.6 Å². The van der Waals surface area contributed by atoms with Gasteiger partial charge in [-0.3, -0.25) is 0 Å². The summed E-state index contributed by atoms with van der Waals surface area (Å²) in [6.45, 7) is 3.21. The summed E-state index contributed by atoms with van der Waals surface area (Å²) in [6, 6.07) is 0.668. The fourth-order valence-electron chi connectivity index (χ4n) is 2.21. The van der Waals surface area contributed by atoms with Gasteiger partial charge in [0.1, 0.15) is 9.34 Å². The van der Waals surface area contributed by atoms with Crippen LogP contribution in [0.2, 0.25) is 4.34 Å². The molecule has 2 nitrogen and oxygen atoms in total. The molecule has 84 valence electrons. The molecule has 2 atom stereocenters. The molecule has 0 spiro atoms. The molecule has 0 aliphatic heterocycles. The molecule has 1 saturated carbocycles. The van der Waals surface area contributed by atoms with E-state index in [1.54, 1.807) is 17.5 Å². The Morgan fingerprint density at radius 3 is 3.00 bits per heavy atom. The minimum absolute atomic E-state index is 0.668. The maximum atomic E-state index is 5.84. The fourth-order valence-corrected chi connectivity index (χ4v) is 3.12. The SMILES string of the molecule is CC1CCCCC1NCc1ncc(Cl)s1. The molecule has 2 rings (SSSR count). The average Bonchev–Trinajstić information content (AvgIpc) is 2.63. The Labute approximate surface area is 100 Å². The van der Waals surface area contributed by atoms with E-state index in [0.29, 0.717) is 6.04 Å². The molecule has 0 amide bonds. The van der Waals surface area contributed by atoms with Crippen molar-refractivity contribution < 1.29 is 0 Å². The van der Waals surface area contributed by atoms with E-state index in [0.717, 1.165) is 21.8 Å². The Morgan fingerprint density at radius 2 is 2.33 bits per heavy atom. The zero-order valence-electron chi connectivity index (χ0n) is 9.00. The van der Waals surface area contributed by atoms with Gasteiger partial charge in [-0.25, -0.2) is 4.98 Å². The first-order valence-corrected chi connectivity index (χ1v) is 6.79. The smallest absolute Gasteiger partial charge is 0.113 e. The van der Waals surface area contributed by atoms with Crippen LogP contribution >= 0.6 is 22.9 Å². The quantitative estimate of drug-likeness (QED) is 0.881. The molecule has 1 aliphatic carbocycles. The number of rotatable bonds is 3. The molecule has 1 N–H and O–H groups in total. The lowest BCUT2D eigenvalue weighted by Gasteiger charge is -2.29. The van der Waals surface area contributed by atoms with Gasteiger partial charge in [-0.05, 0) is 18.8 Å². The first-order valence-electron chi connectivity index (χ1n) is 5.59. The van der Waals surface area contributed by atoms with Crippen molar-refractivity contribution in [3.63, 3.8) is 0 Å². The molecular weight excluding hydrogens is 228 g/mol. The van der Waals surface area contributed by atoms with Crippen LogP contribution in [0.4, 0.5) is 0 Å². The highest BCUT2D eigenvalue weighted by Gasteiger charge is 2.20. The van der Waals surface area contributed by atoms with Crippen molar-refractivity contribution in [2.75, 3.05) is 0 Å². The summed E-state index contributed by atoms with van der Waals surface area (Å²) in [6.07, 6.45) is 7.15. The standard InChI is InChI=1S/C11H17ClN2S/c1-8-4-2-3-5-9(8)13-7-11-14-6-10(12)15-11/h6,8-9,13H,2-5,7H2,1H3. The van der Waals surface area contributed by atoms with Gasteiger partial charge in [0.25, 0.3) is 0 Å². The van der Waals surface area contributed by atoms with Gasteiger partial charge in [-0.15, -0.1) is 11.3 Å². The van der Waals surface area contributed by atoms with Gasteiger partial charge in [-0.1, -0.05) is 31.4 Å². The van der Waals surface area contributed by atoms with Gasteiger partial charge >= 0.3 is 0 Å². The fraction of sp³-hybridized carbons (Fsp3) is 0.727.